The minimum Gasteiger partial charge on any atom is -0.496 e. The summed E-state index contributed by atoms with van der Waals surface area (Å²) in [7, 11) is 1.60. The molecular formula is C13H15Br2NO3. The molecule has 1 heterocycles. The van der Waals surface area contributed by atoms with Gasteiger partial charge in [-0.3, -0.25) is 4.79 Å². The second-order valence-electron chi connectivity index (χ2n) is 4.25. The van der Waals surface area contributed by atoms with E-state index in [1.165, 1.54) is 0 Å². The Morgan fingerprint density at radius 3 is 3.00 bits per heavy atom. The highest BCUT2D eigenvalue weighted by molar-refractivity contribution is 9.10. The molecule has 1 aliphatic heterocycles. The summed E-state index contributed by atoms with van der Waals surface area (Å²) >= 11 is 6.78. The first-order valence-corrected chi connectivity index (χ1v) is 7.87. The molecule has 0 N–H and O–H groups in total. The Morgan fingerprint density at radius 2 is 2.37 bits per heavy atom. The number of morpholine rings is 1. The molecule has 0 saturated carbocycles. The van der Waals surface area contributed by atoms with Crippen molar-refractivity contribution in [2.45, 2.75) is 6.10 Å². The van der Waals surface area contributed by atoms with Crippen molar-refractivity contribution in [3.63, 3.8) is 0 Å². The molecule has 2 rings (SSSR count). The van der Waals surface area contributed by atoms with Gasteiger partial charge in [-0.1, -0.05) is 15.9 Å². The van der Waals surface area contributed by atoms with E-state index >= 15 is 0 Å². The minimum absolute atomic E-state index is 0.0256. The van der Waals surface area contributed by atoms with Gasteiger partial charge in [-0.25, -0.2) is 0 Å². The van der Waals surface area contributed by atoms with Crippen molar-refractivity contribution in [3.8, 4) is 5.75 Å². The summed E-state index contributed by atoms with van der Waals surface area (Å²) < 4.78 is 11.5. The lowest BCUT2D eigenvalue weighted by Gasteiger charge is -2.32. The Balaban J connectivity index is 2.12. The van der Waals surface area contributed by atoms with E-state index in [4.69, 9.17) is 9.47 Å². The third-order valence-corrected chi connectivity index (χ3v) is 4.34. The summed E-state index contributed by atoms with van der Waals surface area (Å²) in [5, 5.41) is 0.739. The number of alkyl halides is 1. The molecule has 1 aliphatic rings. The van der Waals surface area contributed by atoms with Crippen LogP contribution in [0.5, 0.6) is 5.75 Å². The van der Waals surface area contributed by atoms with E-state index in [9.17, 15) is 4.79 Å². The van der Waals surface area contributed by atoms with E-state index in [1.807, 2.05) is 4.90 Å². The predicted molar refractivity (Wildman–Crippen MR) is 80.1 cm³/mol. The van der Waals surface area contributed by atoms with Crippen molar-refractivity contribution in [3.05, 3.63) is 28.2 Å². The molecule has 0 bridgehead atoms. The molecule has 1 amide bonds. The van der Waals surface area contributed by atoms with Crippen molar-refractivity contribution >= 4 is 37.8 Å². The van der Waals surface area contributed by atoms with Crippen LogP contribution in [0.25, 0.3) is 0 Å². The fourth-order valence-electron chi connectivity index (χ4n) is 1.98. The molecule has 1 unspecified atom stereocenters. The third kappa shape index (κ3) is 3.49. The van der Waals surface area contributed by atoms with E-state index in [1.54, 1.807) is 25.3 Å². The van der Waals surface area contributed by atoms with Gasteiger partial charge < -0.3 is 14.4 Å². The Hall–Kier alpha value is -0.590. The van der Waals surface area contributed by atoms with Crippen LogP contribution in [0.2, 0.25) is 0 Å². The van der Waals surface area contributed by atoms with Crippen LogP contribution < -0.4 is 4.74 Å². The summed E-state index contributed by atoms with van der Waals surface area (Å²) in [6.07, 6.45) is 0.0689. The Morgan fingerprint density at radius 1 is 1.58 bits per heavy atom. The number of halogens is 2. The number of carbonyl (C=O) groups excluding carboxylic acids is 1. The van der Waals surface area contributed by atoms with Crippen LogP contribution in [0.1, 0.15) is 10.4 Å². The second-order valence-corrected chi connectivity index (χ2v) is 5.75. The number of nitrogens with zero attached hydrogens (tertiary/aromatic N) is 1. The number of methoxy groups -OCH3 is 1. The molecule has 0 radical (unpaired) electrons. The largest absolute Gasteiger partial charge is 0.496 e. The van der Waals surface area contributed by atoms with Gasteiger partial charge in [0.2, 0.25) is 0 Å². The van der Waals surface area contributed by atoms with Crippen molar-refractivity contribution in [1.29, 1.82) is 0 Å². The van der Waals surface area contributed by atoms with Gasteiger partial charge in [0, 0.05) is 24.0 Å². The lowest BCUT2D eigenvalue weighted by Crippen LogP contribution is -2.46. The van der Waals surface area contributed by atoms with Gasteiger partial charge in [0.15, 0.2) is 0 Å². The normalized spacial score (nSPS) is 19.3. The van der Waals surface area contributed by atoms with Gasteiger partial charge >= 0.3 is 0 Å². The molecule has 1 saturated heterocycles. The topological polar surface area (TPSA) is 38.8 Å². The SMILES string of the molecule is COc1ccc(C(=O)N2CCOC(CBr)C2)cc1Br. The quantitative estimate of drug-likeness (QED) is 0.742. The van der Waals surface area contributed by atoms with Crippen molar-refractivity contribution < 1.29 is 14.3 Å². The molecule has 1 aromatic rings. The van der Waals surface area contributed by atoms with Gasteiger partial charge in [0.05, 0.1) is 24.3 Å². The van der Waals surface area contributed by atoms with Crippen molar-refractivity contribution in [2.75, 3.05) is 32.1 Å². The van der Waals surface area contributed by atoms with E-state index in [-0.39, 0.29) is 12.0 Å². The number of rotatable bonds is 3. The molecule has 0 aliphatic carbocycles. The number of hydrogen-bond acceptors (Lipinski definition) is 3. The van der Waals surface area contributed by atoms with Gasteiger partial charge in [-0.05, 0) is 34.1 Å². The lowest BCUT2D eigenvalue weighted by atomic mass is 10.1. The van der Waals surface area contributed by atoms with Crippen molar-refractivity contribution in [2.24, 2.45) is 0 Å². The van der Waals surface area contributed by atoms with Gasteiger partial charge in [0.25, 0.3) is 5.91 Å². The highest BCUT2D eigenvalue weighted by atomic mass is 79.9. The molecule has 1 fully saturated rings. The van der Waals surface area contributed by atoms with Crippen LogP contribution in [0, 0.1) is 0 Å². The van der Waals surface area contributed by atoms with Gasteiger partial charge in [0.1, 0.15) is 5.75 Å². The molecular weight excluding hydrogens is 378 g/mol. The number of carbonyl (C=O) groups is 1. The molecule has 4 nitrogen and oxygen atoms in total. The van der Waals surface area contributed by atoms with E-state index in [0.717, 1.165) is 15.6 Å². The maximum Gasteiger partial charge on any atom is 0.254 e. The van der Waals surface area contributed by atoms with E-state index in [0.29, 0.717) is 25.3 Å². The smallest absolute Gasteiger partial charge is 0.254 e. The number of amides is 1. The molecule has 6 heteroatoms. The van der Waals surface area contributed by atoms with Crippen LogP contribution in [0.3, 0.4) is 0 Å². The van der Waals surface area contributed by atoms with Crippen LogP contribution in [0.4, 0.5) is 0 Å². The fraction of sp³-hybridized carbons (Fsp3) is 0.462. The zero-order valence-corrected chi connectivity index (χ0v) is 13.7. The third-order valence-electron chi connectivity index (χ3n) is 3.00. The summed E-state index contributed by atoms with van der Waals surface area (Å²) in [5.74, 6) is 0.745. The zero-order valence-electron chi connectivity index (χ0n) is 10.6. The standard InChI is InChI=1S/C13H15Br2NO3/c1-18-12-3-2-9(6-11(12)15)13(17)16-4-5-19-10(7-14)8-16/h2-3,6,10H,4-5,7-8H2,1H3. The van der Waals surface area contributed by atoms with Crippen LogP contribution in [-0.2, 0) is 4.74 Å². The molecule has 1 atom stereocenters. The van der Waals surface area contributed by atoms with Crippen LogP contribution in [-0.4, -0.2) is 49.0 Å². The first-order valence-electron chi connectivity index (χ1n) is 5.96. The average molecular weight is 393 g/mol. The molecule has 0 aromatic heterocycles. The molecule has 1 aromatic carbocycles. The molecule has 0 spiro atoms. The van der Waals surface area contributed by atoms with Gasteiger partial charge in [-0.15, -0.1) is 0 Å². The minimum atomic E-state index is 0.0256. The summed E-state index contributed by atoms with van der Waals surface area (Å²) in [6.45, 7) is 1.83. The number of benzene rings is 1. The maximum atomic E-state index is 12.4. The monoisotopic (exact) mass is 391 g/mol. The highest BCUT2D eigenvalue weighted by Gasteiger charge is 2.24. The van der Waals surface area contributed by atoms with Crippen LogP contribution >= 0.6 is 31.9 Å². The molecule has 104 valence electrons. The first kappa shape index (κ1) is 14.8. The second kappa shape index (κ2) is 6.72. The Kier molecular flexibility index (Phi) is 5.24. The maximum absolute atomic E-state index is 12.4. The summed E-state index contributed by atoms with van der Waals surface area (Å²) in [5.41, 5.74) is 0.655. The predicted octanol–water partition coefficient (Wildman–Crippen LogP) is 2.69. The van der Waals surface area contributed by atoms with Crippen LogP contribution in [0.15, 0.2) is 22.7 Å². The Labute approximate surface area is 129 Å². The number of ether oxygens (including phenoxy) is 2. The summed E-state index contributed by atoms with van der Waals surface area (Å²) in [6, 6.07) is 5.37. The fourth-order valence-corrected chi connectivity index (χ4v) is 2.91. The first-order chi connectivity index (χ1) is 9.15. The van der Waals surface area contributed by atoms with Crippen molar-refractivity contribution in [1.82, 2.24) is 4.90 Å². The lowest BCUT2D eigenvalue weighted by molar-refractivity contribution is -0.00965. The summed E-state index contributed by atoms with van der Waals surface area (Å²) in [4.78, 5) is 14.2. The van der Waals surface area contributed by atoms with E-state index in [2.05, 4.69) is 31.9 Å². The zero-order chi connectivity index (χ0) is 13.8. The van der Waals surface area contributed by atoms with E-state index < -0.39 is 0 Å². The molecule has 19 heavy (non-hydrogen) atoms. The Bertz CT molecular complexity index is 467. The highest BCUT2D eigenvalue weighted by Crippen LogP contribution is 2.26. The average Bonchev–Trinajstić information content (AvgIpc) is 2.46. The van der Waals surface area contributed by atoms with Gasteiger partial charge in [-0.2, -0.15) is 0 Å². The number of hydrogen-bond donors (Lipinski definition) is 0.